The molecule has 0 spiro atoms. The first kappa shape index (κ1) is 11.6. The highest BCUT2D eigenvalue weighted by molar-refractivity contribution is 7.98. The highest BCUT2D eigenvalue weighted by Crippen LogP contribution is 2.20. The average Bonchev–Trinajstić information content (AvgIpc) is 2.19. The Balaban J connectivity index is 2.84. The molecule has 2 nitrogen and oxygen atoms in total. The Hall–Kier alpha value is -0.510. The van der Waals surface area contributed by atoms with Crippen molar-refractivity contribution in [2.45, 2.75) is 10.9 Å². The van der Waals surface area contributed by atoms with E-state index in [1.54, 1.807) is 11.8 Å². The van der Waals surface area contributed by atoms with Crippen LogP contribution in [0.5, 0.6) is 0 Å². The van der Waals surface area contributed by atoms with Crippen molar-refractivity contribution in [1.29, 1.82) is 0 Å². The molecular weight excluding hydrogens is 192 g/mol. The Labute approximate surface area is 90.5 Å². The molecule has 14 heavy (non-hydrogen) atoms. The quantitative estimate of drug-likeness (QED) is 0.770. The maximum atomic E-state index is 5.73. The fourth-order valence-electron chi connectivity index (χ4n) is 1.47. The fourth-order valence-corrected chi connectivity index (χ4v) is 1.88. The van der Waals surface area contributed by atoms with Crippen molar-refractivity contribution in [2.75, 3.05) is 26.9 Å². The minimum atomic E-state index is 0.325. The fraction of sp³-hybridized carbons (Fsp3) is 0.455. The molecule has 0 aliphatic rings. The topological polar surface area (TPSA) is 29.3 Å². The average molecular weight is 210 g/mol. The number of rotatable bonds is 4. The van der Waals surface area contributed by atoms with Crippen molar-refractivity contribution in [2.24, 2.45) is 5.73 Å². The van der Waals surface area contributed by atoms with Gasteiger partial charge in [0, 0.05) is 17.5 Å². The standard InChI is InChI=1S/C11H18N2S/c1-13(2)11(8-12)9-4-6-10(14-3)7-5-9/h4-7,11H,8,12H2,1-3H3. The minimum Gasteiger partial charge on any atom is -0.329 e. The predicted molar refractivity (Wildman–Crippen MR) is 63.7 cm³/mol. The van der Waals surface area contributed by atoms with Gasteiger partial charge in [0.1, 0.15) is 0 Å². The van der Waals surface area contributed by atoms with Crippen LogP contribution in [-0.4, -0.2) is 31.8 Å². The second-order valence-electron chi connectivity index (χ2n) is 3.49. The smallest absolute Gasteiger partial charge is 0.0464 e. The van der Waals surface area contributed by atoms with Gasteiger partial charge in [0.15, 0.2) is 0 Å². The van der Waals surface area contributed by atoms with Crippen molar-refractivity contribution in [3.63, 3.8) is 0 Å². The van der Waals surface area contributed by atoms with Crippen molar-refractivity contribution >= 4 is 11.8 Å². The summed E-state index contributed by atoms with van der Waals surface area (Å²) in [5.41, 5.74) is 7.02. The van der Waals surface area contributed by atoms with Crippen molar-refractivity contribution in [3.05, 3.63) is 29.8 Å². The van der Waals surface area contributed by atoms with E-state index < -0.39 is 0 Å². The summed E-state index contributed by atoms with van der Waals surface area (Å²) in [6.45, 7) is 0.658. The molecule has 3 heteroatoms. The van der Waals surface area contributed by atoms with E-state index in [2.05, 4.69) is 49.5 Å². The molecule has 0 aromatic heterocycles. The van der Waals surface area contributed by atoms with E-state index in [0.717, 1.165) is 0 Å². The summed E-state index contributed by atoms with van der Waals surface area (Å²) in [5.74, 6) is 0. The first-order valence-corrected chi connectivity index (χ1v) is 5.92. The van der Waals surface area contributed by atoms with Crippen LogP contribution in [-0.2, 0) is 0 Å². The molecule has 1 aromatic rings. The van der Waals surface area contributed by atoms with E-state index in [-0.39, 0.29) is 0 Å². The maximum Gasteiger partial charge on any atom is 0.0464 e. The largest absolute Gasteiger partial charge is 0.329 e. The lowest BCUT2D eigenvalue weighted by molar-refractivity contribution is 0.306. The lowest BCUT2D eigenvalue weighted by Crippen LogP contribution is -2.27. The first-order valence-electron chi connectivity index (χ1n) is 4.69. The molecule has 0 saturated heterocycles. The molecule has 1 aromatic carbocycles. The Morgan fingerprint density at radius 3 is 2.21 bits per heavy atom. The second kappa shape index (κ2) is 5.39. The van der Waals surface area contributed by atoms with Crippen LogP contribution in [0, 0.1) is 0 Å². The van der Waals surface area contributed by atoms with Gasteiger partial charge in [-0.15, -0.1) is 11.8 Å². The van der Waals surface area contributed by atoms with Gasteiger partial charge in [0.05, 0.1) is 0 Å². The maximum absolute atomic E-state index is 5.73. The lowest BCUT2D eigenvalue weighted by Gasteiger charge is -2.23. The molecule has 1 unspecified atom stereocenters. The van der Waals surface area contributed by atoms with Crippen LogP contribution in [0.15, 0.2) is 29.2 Å². The summed E-state index contributed by atoms with van der Waals surface area (Å²) in [5, 5.41) is 0. The van der Waals surface area contributed by atoms with Gasteiger partial charge in [0.25, 0.3) is 0 Å². The summed E-state index contributed by atoms with van der Waals surface area (Å²) in [4.78, 5) is 3.44. The summed E-state index contributed by atoms with van der Waals surface area (Å²) >= 11 is 1.76. The van der Waals surface area contributed by atoms with Crippen LogP contribution in [0.1, 0.15) is 11.6 Å². The second-order valence-corrected chi connectivity index (χ2v) is 4.37. The molecule has 0 bridgehead atoms. The van der Waals surface area contributed by atoms with Crippen molar-refractivity contribution in [3.8, 4) is 0 Å². The molecule has 1 atom stereocenters. The predicted octanol–water partition coefficient (Wildman–Crippen LogP) is 1.97. The zero-order valence-corrected chi connectivity index (χ0v) is 9.84. The summed E-state index contributed by atoms with van der Waals surface area (Å²) in [6, 6.07) is 8.93. The molecule has 0 radical (unpaired) electrons. The molecule has 0 fully saturated rings. The Kier molecular flexibility index (Phi) is 4.45. The third-order valence-electron chi connectivity index (χ3n) is 2.35. The van der Waals surface area contributed by atoms with Crippen molar-refractivity contribution in [1.82, 2.24) is 4.90 Å². The number of nitrogens with two attached hydrogens (primary N) is 1. The van der Waals surface area contributed by atoms with Gasteiger partial charge in [0.2, 0.25) is 0 Å². The number of nitrogens with zero attached hydrogens (tertiary/aromatic N) is 1. The van der Waals surface area contributed by atoms with Gasteiger partial charge in [-0.05, 0) is 38.0 Å². The lowest BCUT2D eigenvalue weighted by atomic mass is 10.1. The molecular formula is C11H18N2S. The summed E-state index contributed by atoms with van der Waals surface area (Å²) < 4.78 is 0. The molecule has 0 amide bonds. The van der Waals surface area contributed by atoms with Crippen molar-refractivity contribution < 1.29 is 0 Å². The van der Waals surface area contributed by atoms with E-state index in [4.69, 9.17) is 5.73 Å². The third-order valence-corrected chi connectivity index (χ3v) is 3.09. The Morgan fingerprint density at radius 2 is 1.86 bits per heavy atom. The highest BCUT2D eigenvalue weighted by Gasteiger charge is 2.10. The molecule has 78 valence electrons. The van der Waals surface area contributed by atoms with Crippen LogP contribution in [0.2, 0.25) is 0 Å². The summed E-state index contributed by atoms with van der Waals surface area (Å²) in [6.07, 6.45) is 2.08. The van der Waals surface area contributed by atoms with Crippen LogP contribution in [0.25, 0.3) is 0 Å². The number of hydrogen-bond acceptors (Lipinski definition) is 3. The van der Waals surface area contributed by atoms with Gasteiger partial charge in [-0.1, -0.05) is 12.1 Å². The van der Waals surface area contributed by atoms with Crippen LogP contribution in [0.3, 0.4) is 0 Å². The zero-order chi connectivity index (χ0) is 10.6. The van der Waals surface area contributed by atoms with Gasteiger partial charge in [-0.25, -0.2) is 0 Å². The minimum absolute atomic E-state index is 0.325. The summed E-state index contributed by atoms with van der Waals surface area (Å²) in [7, 11) is 4.11. The SMILES string of the molecule is CSc1ccc(C(CN)N(C)C)cc1. The highest BCUT2D eigenvalue weighted by atomic mass is 32.2. The van der Waals surface area contributed by atoms with E-state index >= 15 is 0 Å². The Bertz CT molecular complexity index is 269. The molecule has 0 heterocycles. The molecule has 1 rings (SSSR count). The van der Waals surface area contributed by atoms with Crippen LogP contribution in [0.4, 0.5) is 0 Å². The molecule has 0 aliphatic heterocycles. The molecule has 2 N–H and O–H groups in total. The van der Waals surface area contributed by atoms with Gasteiger partial charge in [-0.2, -0.15) is 0 Å². The molecule has 0 saturated carbocycles. The normalized spacial score (nSPS) is 13.2. The van der Waals surface area contributed by atoms with Gasteiger partial charge >= 0.3 is 0 Å². The molecule has 0 aliphatic carbocycles. The zero-order valence-electron chi connectivity index (χ0n) is 9.03. The number of thioether (sulfide) groups is 1. The van der Waals surface area contributed by atoms with E-state index in [1.165, 1.54) is 10.5 Å². The van der Waals surface area contributed by atoms with Crippen LogP contribution >= 0.6 is 11.8 Å². The Morgan fingerprint density at radius 1 is 1.29 bits per heavy atom. The number of likely N-dealkylation sites (N-methyl/N-ethyl adjacent to an activating group) is 1. The number of benzene rings is 1. The van der Waals surface area contributed by atoms with E-state index in [9.17, 15) is 0 Å². The number of hydrogen-bond donors (Lipinski definition) is 1. The van der Waals surface area contributed by atoms with Gasteiger partial charge < -0.3 is 10.6 Å². The first-order chi connectivity index (χ1) is 6.69. The van der Waals surface area contributed by atoms with E-state index in [1.807, 2.05) is 0 Å². The van der Waals surface area contributed by atoms with Crippen LogP contribution < -0.4 is 5.73 Å². The van der Waals surface area contributed by atoms with E-state index in [0.29, 0.717) is 12.6 Å². The monoisotopic (exact) mass is 210 g/mol. The van der Waals surface area contributed by atoms with Gasteiger partial charge in [-0.3, -0.25) is 0 Å². The third kappa shape index (κ3) is 2.74.